The van der Waals surface area contributed by atoms with Gasteiger partial charge in [0.2, 0.25) is 0 Å². The topological polar surface area (TPSA) is 84.9 Å². The lowest BCUT2D eigenvalue weighted by atomic mass is 9.71. The molecule has 1 aliphatic heterocycles. The highest BCUT2D eigenvalue weighted by Gasteiger charge is 2.42. The third kappa shape index (κ3) is 4.89. The molecular weight excluding hydrogens is 548 g/mol. The highest BCUT2D eigenvalue weighted by Crippen LogP contribution is 2.50. The van der Waals surface area contributed by atoms with Crippen molar-refractivity contribution < 1.29 is 23.9 Å². The second-order valence-corrected chi connectivity index (χ2v) is 10.9. The van der Waals surface area contributed by atoms with Crippen LogP contribution < -0.4 is 14.8 Å². The molecular formula is C30H31BrN2O5. The Morgan fingerprint density at radius 2 is 1.61 bits per heavy atom. The summed E-state index contributed by atoms with van der Waals surface area (Å²) in [7, 11) is 3.51. The molecule has 7 nitrogen and oxygen atoms in total. The maximum absolute atomic E-state index is 13.3. The number of rotatable bonds is 6. The second kappa shape index (κ2) is 10.8. The molecule has 38 heavy (non-hydrogen) atoms. The Balaban J connectivity index is 1.47. The molecule has 2 aliphatic carbocycles. The zero-order chi connectivity index (χ0) is 27.0. The van der Waals surface area contributed by atoms with Crippen molar-refractivity contribution in [1.82, 2.24) is 4.90 Å². The van der Waals surface area contributed by atoms with Gasteiger partial charge >= 0.3 is 0 Å². The van der Waals surface area contributed by atoms with E-state index in [1.807, 2.05) is 50.4 Å². The summed E-state index contributed by atoms with van der Waals surface area (Å²) < 4.78 is 12.1. The van der Waals surface area contributed by atoms with E-state index in [1.165, 1.54) is 7.11 Å². The number of hydrogen-bond donors (Lipinski definition) is 1. The lowest BCUT2D eigenvalue weighted by Gasteiger charge is -2.42. The fraction of sp³-hybridized carbons (Fsp3) is 0.367. The molecule has 8 heteroatoms. The zero-order valence-electron chi connectivity index (χ0n) is 21.9. The van der Waals surface area contributed by atoms with Crippen LogP contribution in [-0.2, 0) is 14.4 Å². The number of hydrogen-bond acceptors (Lipinski definition) is 6. The van der Waals surface area contributed by atoms with Gasteiger partial charge in [-0.15, -0.1) is 0 Å². The minimum absolute atomic E-state index is 0.0937. The van der Waals surface area contributed by atoms with E-state index in [0.717, 1.165) is 48.2 Å². The molecule has 2 aromatic carbocycles. The number of nitrogens with zero attached hydrogens (tertiary/aromatic N) is 1. The van der Waals surface area contributed by atoms with Crippen molar-refractivity contribution in [2.45, 2.75) is 51.4 Å². The number of allylic oxidation sites excluding steroid dienone is 4. The second-order valence-electron chi connectivity index (χ2n) is 10.0. The standard InChI is InChI=1S/C30H31BrN2O5/c1-17-10-12-19(13-11-17)32-26(36)16-38-30-20(31)14-18(15-25(30)37-3)27-28-21(6-4-8-23(28)34)33(2)22-7-5-9-24(35)29(22)27/h10-15,27H,4-9,16H2,1-3H3,(H,32,36). The number of Topliss-reactive ketones (excluding diaryl/α,β-unsaturated/α-hetero) is 2. The van der Waals surface area contributed by atoms with E-state index in [1.54, 1.807) is 0 Å². The van der Waals surface area contributed by atoms with Gasteiger partial charge in [0.15, 0.2) is 29.7 Å². The highest BCUT2D eigenvalue weighted by atomic mass is 79.9. The van der Waals surface area contributed by atoms with Crippen LogP contribution >= 0.6 is 15.9 Å². The number of ketones is 2. The van der Waals surface area contributed by atoms with Crippen molar-refractivity contribution in [2.75, 3.05) is 26.1 Å². The summed E-state index contributed by atoms with van der Waals surface area (Å²) >= 11 is 3.60. The van der Waals surface area contributed by atoms with Crippen LogP contribution in [0.1, 0.15) is 55.6 Å². The fourth-order valence-electron chi connectivity index (χ4n) is 5.70. The van der Waals surface area contributed by atoms with E-state index >= 15 is 0 Å². The van der Waals surface area contributed by atoms with Gasteiger partial charge in [0.05, 0.1) is 11.6 Å². The first kappa shape index (κ1) is 26.2. The Morgan fingerprint density at radius 3 is 2.18 bits per heavy atom. The van der Waals surface area contributed by atoms with E-state index in [9.17, 15) is 14.4 Å². The monoisotopic (exact) mass is 578 g/mol. The van der Waals surface area contributed by atoms with Crippen LogP contribution in [0, 0.1) is 6.92 Å². The number of benzene rings is 2. The third-order valence-corrected chi connectivity index (χ3v) is 8.10. The van der Waals surface area contributed by atoms with Crippen molar-refractivity contribution in [3.05, 3.63) is 74.5 Å². The molecule has 0 saturated carbocycles. The van der Waals surface area contributed by atoms with Crippen molar-refractivity contribution in [1.29, 1.82) is 0 Å². The van der Waals surface area contributed by atoms with Gasteiger partial charge in [-0.05, 0) is 78.4 Å². The van der Waals surface area contributed by atoms with E-state index < -0.39 is 5.92 Å². The molecule has 0 saturated heterocycles. The van der Waals surface area contributed by atoms with Crippen molar-refractivity contribution in [3.8, 4) is 11.5 Å². The first-order chi connectivity index (χ1) is 18.3. The smallest absolute Gasteiger partial charge is 0.262 e. The first-order valence-corrected chi connectivity index (χ1v) is 13.7. The quantitative estimate of drug-likeness (QED) is 0.464. The number of aryl methyl sites for hydroxylation is 1. The van der Waals surface area contributed by atoms with Gasteiger partial charge in [-0.3, -0.25) is 14.4 Å². The Labute approximate surface area is 231 Å². The minimum atomic E-state index is -0.444. The first-order valence-electron chi connectivity index (χ1n) is 12.9. The molecule has 2 aromatic rings. The van der Waals surface area contributed by atoms with Crippen LogP contribution in [0.2, 0.25) is 0 Å². The largest absolute Gasteiger partial charge is 0.493 e. The van der Waals surface area contributed by atoms with E-state index in [-0.39, 0.29) is 24.1 Å². The van der Waals surface area contributed by atoms with Crippen LogP contribution in [0.25, 0.3) is 0 Å². The number of amides is 1. The van der Waals surface area contributed by atoms with Gasteiger partial charge in [0.1, 0.15) is 0 Å². The molecule has 1 amide bonds. The highest BCUT2D eigenvalue weighted by molar-refractivity contribution is 9.10. The van der Waals surface area contributed by atoms with Crippen LogP contribution in [0.5, 0.6) is 11.5 Å². The summed E-state index contributed by atoms with van der Waals surface area (Å²) in [6.45, 7) is 1.77. The average Bonchev–Trinajstić information content (AvgIpc) is 2.90. The normalized spacial score (nSPS) is 17.8. The summed E-state index contributed by atoms with van der Waals surface area (Å²) in [5, 5.41) is 2.82. The van der Waals surface area contributed by atoms with Crippen molar-refractivity contribution >= 4 is 39.1 Å². The van der Waals surface area contributed by atoms with Gasteiger partial charge in [-0.25, -0.2) is 0 Å². The number of anilines is 1. The molecule has 0 bridgehead atoms. The maximum atomic E-state index is 13.3. The molecule has 3 aliphatic rings. The summed E-state index contributed by atoms with van der Waals surface area (Å²) in [4.78, 5) is 41.1. The molecule has 0 atom stereocenters. The van der Waals surface area contributed by atoms with E-state index in [2.05, 4.69) is 26.1 Å². The molecule has 198 valence electrons. The third-order valence-electron chi connectivity index (χ3n) is 7.51. The number of ether oxygens (including phenoxy) is 2. The Hall–Kier alpha value is -3.39. The Morgan fingerprint density at radius 1 is 1.00 bits per heavy atom. The molecule has 0 fully saturated rings. The van der Waals surface area contributed by atoms with Gasteiger partial charge in [-0.1, -0.05) is 17.7 Å². The van der Waals surface area contributed by atoms with E-state index in [4.69, 9.17) is 9.47 Å². The van der Waals surface area contributed by atoms with Crippen molar-refractivity contribution in [2.24, 2.45) is 0 Å². The number of nitrogens with one attached hydrogen (secondary N) is 1. The van der Waals surface area contributed by atoms with Gasteiger partial charge < -0.3 is 19.7 Å². The SMILES string of the molecule is COc1cc(C2C3=C(CCCC3=O)N(C)C3=C2C(=O)CCC3)cc(Br)c1OCC(=O)Nc1ccc(C)cc1. The average molecular weight is 579 g/mol. The number of carbonyl (C=O) groups excluding carboxylic acids is 3. The van der Waals surface area contributed by atoms with Crippen LogP contribution in [-0.4, -0.2) is 43.1 Å². The molecule has 1 heterocycles. The molecule has 1 N–H and O–H groups in total. The summed E-state index contributed by atoms with van der Waals surface area (Å²) in [6, 6.07) is 11.2. The molecule has 5 rings (SSSR count). The molecule has 0 radical (unpaired) electrons. The van der Waals surface area contributed by atoms with Crippen LogP contribution in [0.4, 0.5) is 5.69 Å². The summed E-state index contributed by atoms with van der Waals surface area (Å²) in [5.41, 5.74) is 6.05. The van der Waals surface area contributed by atoms with Crippen LogP contribution in [0.3, 0.4) is 0 Å². The Kier molecular flexibility index (Phi) is 7.43. The molecule has 0 spiro atoms. The summed E-state index contributed by atoms with van der Waals surface area (Å²) in [6.07, 6.45) is 4.22. The van der Waals surface area contributed by atoms with Crippen LogP contribution in [0.15, 0.2) is 63.4 Å². The predicted molar refractivity (Wildman–Crippen MR) is 148 cm³/mol. The number of carbonyl (C=O) groups is 3. The molecule has 0 unspecified atom stereocenters. The number of halogens is 1. The zero-order valence-corrected chi connectivity index (χ0v) is 23.4. The van der Waals surface area contributed by atoms with E-state index in [0.29, 0.717) is 45.6 Å². The summed E-state index contributed by atoms with van der Waals surface area (Å²) in [5.74, 6) is 0.254. The molecule has 0 aromatic heterocycles. The predicted octanol–water partition coefficient (Wildman–Crippen LogP) is 5.83. The minimum Gasteiger partial charge on any atom is -0.493 e. The van der Waals surface area contributed by atoms with Gasteiger partial charge in [0, 0.05) is 54.0 Å². The van der Waals surface area contributed by atoms with Gasteiger partial charge in [-0.2, -0.15) is 0 Å². The number of methoxy groups -OCH3 is 1. The van der Waals surface area contributed by atoms with Gasteiger partial charge in [0.25, 0.3) is 5.91 Å². The Bertz CT molecular complexity index is 1330. The maximum Gasteiger partial charge on any atom is 0.262 e. The fourth-order valence-corrected chi connectivity index (χ4v) is 6.28. The van der Waals surface area contributed by atoms with Crippen molar-refractivity contribution in [3.63, 3.8) is 0 Å². The lowest BCUT2D eigenvalue weighted by Crippen LogP contribution is -2.37. The lowest BCUT2D eigenvalue weighted by molar-refractivity contribution is -0.118.